The van der Waals surface area contributed by atoms with E-state index in [0.29, 0.717) is 19.6 Å². The minimum Gasteiger partial charge on any atom is -0.359 e. The van der Waals surface area contributed by atoms with Crippen molar-refractivity contribution in [2.24, 2.45) is 0 Å². The number of likely N-dealkylation sites (tertiary alicyclic amines) is 1. The number of hydrogen-bond acceptors (Lipinski definition) is 2. The number of hydrogen-bond donors (Lipinski definition) is 0. The van der Waals surface area contributed by atoms with Crippen LogP contribution in [0.1, 0.15) is 25.3 Å². The van der Waals surface area contributed by atoms with Gasteiger partial charge in [-0.2, -0.15) is 0 Å². The van der Waals surface area contributed by atoms with Crippen LogP contribution in [-0.2, 0) is 16.1 Å². The SMILES string of the molecule is CCOC1CCC(=O)N1Cc1ccccc1Br. The Kier molecular flexibility index (Phi) is 4.18. The van der Waals surface area contributed by atoms with Crippen LogP contribution < -0.4 is 0 Å². The van der Waals surface area contributed by atoms with E-state index < -0.39 is 0 Å². The molecular formula is C13H16BrNO2. The molecule has 0 radical (unpaired) electrons. The van der Waals surface area contributed by atoms with Crippen LogP contribution in [0, 0.1) is 0 Å². The molecule has 0 bridgehead atoms. The molecule has 0 spiro atoms. The Balaban J connectivity index is 2.11. The second kappa shape index (κ2) is 5.65. The number of halogens is 1. The van der Waals surface area contributed by atoms with Crippen molar-refractivity contribution >= 4 is 21.8 Å². The Labute approximate surface area is 110 Å². The smallest absolute Gasteiger partial charge is 0.225 e. The summed E-state index contributed by atoms with van der Waals surface area (Å²) >= 11 is 3.50. The van der Waals surface area contributed by atoms with Crippen LogP contribution in [-0.4, -0.2) is 23.6 Å². The maximum Gasteiger partial charge on any atom is 0.225 e. The normalized spacial score (nSPS) is 20.0. The lowest BCUT2D eigenvalue weighted by Crippen LogP contribution is -2.34. The van der Waals surface area contributed by atoms with Crippen molar-refractivity contribution in [1.29, 1.82) is 0 Å². The molecule has 1 amide bonds. The van der Waals surface area contributed by atoms with Crippen molar-refractivity contribution in [1.82, 2.24) is 4.90 Å². The molecule has 92 valence electrons. The van der Waals surface area contributed by atoms with E-state index in [-0.39, 0.29) is 12.1 Å². The van der Waals surface area contributed by atoms with Gasteiger partial charge in [0, 0.05) is 30.5 Å². The van der Waals surface area contributed by atoms with Crippen molar-refractivity contribution in [2.45, 2.75) is 32.5 Å². The minimum absolute atomic E-state index is 0.0559. The van der Waals surface area contributed by atoms with E-state index in [1.807, 2.05) is 36.1 Å². The van der Waals surface area contributed by atoms with Crippen molar-refractivity contribution in [3.63, 3.8) is 0 Å². The van der Waals surface area contributed by atoms with Gasteiger partial charge in [0.2, 0.25) is 5.91 Å². The third-order valence-electron chi connectivity index (χ3n) is 2.93. The second-order valence-electron chi connectivity index (χ2n) is 4.06. The summed E-state index contributed by atoms with van der Waals surface area (Å²) in [5, 5.41) is 0. The summed E-state index contributed by atoms with van der Waals surface area (Å²) in [6.07, 6.45) is 1.34. The highest BCUT2D eigenvalue weighted by molar-refractivity contribution is 9.10. The molecule has 17 heavy (non-hydrogen) atoms. The Morgan fingerprint density at radius 3 is 2.94 bits per heavy atom. The highest BCUT2D eigenvalue weighted by Crippen LogP contribution is 2.25. The van der Waals surface area contributed by atoms with Crippen molar-refractivity contribution in [3.8, 4) is 0 Å². The first-order valence-corrected chi connectivity index (χ1v) is 6.66. The zero-order valence-corrected chi connectivity index (χ0v) is 11.4. The number of rotatable bonds is 4. The molecule has 0 saturated carbocycles. The molecule has 1 fully saturated rings. The van der Waals surface area contributed by atoms with Gasteiger partial charge in [-0.25, -0.2) is 0 Å². The van der Waals surface area contributed by atoms with Gasteiger partial charge in [0.15, 0.2) is 0 Å². The molecular weight excluding hydrogens is 282 g/mol. The van der Waals surface area contributed by atoms with Crippen LogP contribution in [0.25, 0.3) is 0 Å². The van der Waals surface area contributed by atoms with E-state index in [1.54, 1.807) is 0 Å². The van der Waals surface area contributed by atoms with E-state index >= 15 is 0 Å². The van der Waals surface area contributed by atoms with Crippen LogP contribution in [0.3, 0.4) is 0 Å². The molecule has 3 nitrogen and oxygen atoms in total. The molecule has 2 rings (SSSR count). The Morgan fingerprint density at radius 1 is 1.47 bits per heavy atom. The van der Waals surface area contributed by atoms with Gasteiger partial charge in [0.25, 0.3) is 0 Å². The van der Waals surface area contributed by atoms with Gasteiger partial charge in [-0.3, -0.25) is 4.79 Å². The number of nitrogens with zero attached hydrogens (tertiary/aromatic N) is 1. The first kappa shape index (κ1) is 12.6. The van der Waals surface area contributed by atoms with Gasteiger partial charge in [-0.05, 0) is 18.6 Å². The topological polar surface area (TPSA) is 29.5 Å². The molecule has 1 heterocycles. The highest BCUT2D eigenvalue weighted by atomic mass is 79.9. The third-order valence-corrected chi connectivity index (χ3v) is 3.70. The number of amides is 1. The maximum absolute atomic E-state index is 11.8. The molecule has 1 unspecified atom stereocenters. The number of carbonyl (C=O) groups is 1. The van der Waals surface area contributed by atoms with Gasteiger partial charge in [-0.1, -0.05) is 34.1 Å². The minimum atomic E-state index is -0.0559. The van der Waals surface area contributed by atoms with Crippen LogP contribution in [0.2, 0.25) is 0 Å². The lowest BCUT2D eigenvalue weighted by molar-refractivity contribution is -0.137. The van der Waals surface area contributed by atoms with E-state index in [0.717, 1.165) is 16.5 Å². The molecule has 1 saturated heterocycles. The van der Waals surface area contributed by atoms with Gasteiger partial charge in [0.05, 0.1) is 0 Å². The Morgan fingerprint density at radius 2 is 2.24 bits per heavy atom. The monoisotopic (exact) mass is 297 g/mol. The second-order valence-corrected chi connectivity index (χ2v) is 4.92. The molecule has 1 aromatic rings. The van der Waals surface area contributed by atoms with E-state index in [9.17, 15) is 4.79 Å². The molecule has 4 heteroatoms. The molecule has 1 aliphatic heterocycles. The summed E-state index contributed by atoms with van der Waals surface area (Å²) in [5.41, 5.74) is 1.12. The summed E-state index contributed by atoms with van der Waals surface area (Å²) in [7, 11) is 0. The predicted octanol–water partition coefficient (Wildman–Crippen LogP) is 2.93. The maximum atomic E-state index is 11.8. The Bertz CT molecular complexity index is 408. The summed E-state index contributed by atoms with van der Waals surface area (Å²) < 4.78 is 6.62. The first-order valence-electron chi connectivity index (χ1n) is 5.87. The summed E-state index contributed by atoms with van der Waals surface area (Å²) in [6.45, 7) is 3.22. The zero-order chi connectivity index (χ0) is 12.3. The molecule has 1 aliphatic rings. The zero-order valence-electron chi connectivity index (χ0n) is 9.86. The fourth-order valence-corrected chi connectivity index (χ4v) is 2.48. The van der Waals surface area contributed by atoms with Crippen LogP contribution in [0.15, 0.2) is 28.7 Å². The quantitative estimate of drug-likeness (QED) is 0.855. The van der Waals surface area contributed by atoms with E-state index in [4.69, 9.17) is 4.74 Å². The lowest BCUT2D eigenvalue weighted by atomic mass is 10.2. The molecule has 0 aliphatic carbocycles. The lowest BCUT2D eigenvalue weighted by Gasteiger charge is -2.24. The number of carbonyl (C=O) groups excluding carboxylic acids is 1. The molecule has 0 aromatic heterocycles. The predicted molar refractivity (Wildman–Crippen MR) is 69.3 cm³/mol. The van der Waals surface area contributed by atoms with Gasteiger partial charge >= 0.3 is 0 Å². The summed E-state index contributed by atoms with van der Waals surface area (Å²) in [5.74, 6) is 0.180. The number of benzene rings is 1. The van der Waals surface area contributed by atoms with Crippen molar-refractivity contribution in [3.05, 3.63) is 34.3 Å². The largest absolute Gasteiger partial charge is 0.359 e. The molecule has 0 N–H and O–H groups in total. The average Bonchev–Trinajstić information content (AvgIpc) is 2.65. The van der Waals surface area contributed by atoms with Crippen molar-refractivity contribution in [2.75, 3.05) is 6.61 Å². The Hall–Kier alpha value is -0.870. The van der Waals surface area contributed by atoms with Gasteiger partial charge in [0.1, 0.15) is 6.23 Å². The van der Waals surface area contributed by atoms with Crippen LogP contribution >= 0.6 is 15.9 Å². The first-order chi connectivity index (χ1) is 8.22. The van der Waals surface area contributed by atoms with E-state index in [1.165, 1.54) is 0 Å². The fraction of sp³-hybridized carbons (Fsp3) is 0.462. The average molecular weight is 298 g/mol. The highest BCUT2D eigenvalue weighted by Gasteiger charge is 2.31. The summed E-state index contributed by atoms with van der Waals surface area (Å²) in [6, 6.07) is 7.97. The molecule has 1 aromatic carbocycles. The number of ether oxygens (including phenoxy) is 1. The van der Waals surface area contributed by atoms with Crippen LogP contribution in [0.4, 0.5) is 0 Å². The van der Waals surface area contributed by atoms with Gasteiger partial charge in [-0.15, -0.1) is 0 Å². The molecule has 1 atom stereocenters. The van der Waals surface area contributed by atoms with Gasteiger partial charge < -0.3 is 9.64 Å². The van der Waals surface area contributed by atoms with E-state index in [2.05, 4.69) is 15.9 Å². The standard InChI is InChI=1S/C13H16BrNO2/c1-2-17-13-8-7-12(16)15(13)9-10-5-3-4-6-11(10)14/h3-6,13H,2,7-9H2,1H3. The fourth-order valence-electron chi connectivity index (χ4n) is 2.07. The third kappa shape index (κ3) is 2.87. The van der Waals surface area contributed by atoms with Crippen molar-refractivity contribution < 1.29 is 9.53 Å². The summed E-state index contributed by atoms with van der Waals surface area (Å²) in [4.78, 5) is 13.6. The van der Waals surface area contributed by atoms with Crippen LogP contribution in [0.5, 0.6) is 0 Å².